The molecule has 0 spiro atoms. The molecule has 0 atom stereocenters. The molecule has 0 aliphatic carbocycles. The fourth-order valence-corrected chi connectivity index (χ4v) is 1.89. The van der Waals surface area contributed by atoms with Crippen LogP contribution < -0.4 is 5.32 Å². The van der Waals surface area contributed by atoms with E-state index >= 15 is 0 Å². The van der Waals surface area contributed by atoms with Crippen LogP contribution in [0.15, 0.2) is 47.5 Å². The molecule has 3 rings (SSSR count). The van der Waals surface area contributed by atoms with Crippen LogP contribution in [0.1, 0.15) is 16.2 Å². The molecule has 0 unspecified atom stereocenters. The van der Waals surface area contributed by atoms with Crippen LogP contribution in [-0.4, -0.2) is 32.6 Å². The SMILES string of the molecule is O=C(NCCc1ncc[nH]1)c1ccc(-c2nnco2)cc1. The van der Waals surface area contributed by atoms with Crippen LogP contribution in [0.2, 0.25) is 0 Å². The highest BCUT2D eigenvalue weighted by atomic mass is 16.4. The van der Waals surface area contributed by atoms with Crippen molar-refractivity contribution in [1.82, 2.24) is 25.5 Å². The summed E-state index contributed by atoms with van der Waals surface area (Å²) in [6.07, 6.45) is 5.38. The van der Waals surface area contributed by atoms with Crippen LogP contribution in [-0.2, 0) is 6.42 Å². The Morgan fingerprint density at radius 1 is 1.29 bits per heavy atom. The topological polar surface area (TPSA) is 96.7 Å². The number of aromatic nitrogens is 4. The van der Waals surface area contributed by atoms with Gasteiger partial charge in [0.15, 0.2) is 0 Å². The first-order chi connectivity index (χ1) is 10.3. The lowest BCUT2D eigenvalue weighted by molar-refractivity contribution is 0.0954. The van der Waals surface area contributed by atoms with E-state index in [9.17, 15) is 4.79 Å². The molecule has 21 heavy (non-hydrogen) atoms. The van der Waals surface area contributed by atoms with Crippen molar-refractivity contribution in [2.24, 2.45) is 0 Å². The zero-order chi connectivity index (χ0) is 14.5. The highest BCUT2D eigenvalue weighted by molar-refractivity contribution is 5.94. The zero-order valence-electron chi connectivity index (χ0n) is 11.1. The second-order valence-corrected chi connectivity index (χ2v) is 4.36. The van der Waals surface area contributed by atoms with Crippen LogP contribution in [0.3, 0.4) is 0 Å². The molecule has 2 N–H and O–H groups in total. The van der Waals surface area contributed by atoms with Crippen molar-refractivity contribution in [2.45, 2.75) is 6.42 Å². The Morgan fingerprint density at radius 2 is 2.14 bits per heavy atom. The standard InChI is InChI=1S/C14H13N5O2/c20-13(17-6-5-12-15-7-8-16-12)10-1-3-11(4-2-10)14-19-18-9-21-14/h1-4,7-9H,5-6H2,(H,15,16)(H,17,20). The molecule has 0 aliphatic heterocycles. The molecule has 0 fully saturated rings. The lowest BCUT2D eigenvalue weighted by Crippen LogP contribution is -2.25. The number of hydrogen-bond donors (Lipinski definition) is 2. The van der Waals surface area contributed by atoms with Gasteiger partial charge in [0.2, 0.25) is 12.3 Å². The van der Waals surface area contributed by atoms with Gasteiger partial charge in [0, 0.05) is 36.5 Å². The summed E-state index contributed by atoms with van der Waals surface area (Å²) in [5, 5.41) is 10.3. The summed E-state index contributed by atoms with van der Waals surface area (Å²) in [6, 6.07) is 6.99. The van der Waals surface area contributed by atoms with E-state index in [0.29, 0.717) is 24.4 Å². The summed E-state index contributed by atoms with van der Waals surface area (Å²) < 4.78 is 5.09. The average molecular weight is 283 g/mol. The van der Waals surface area contributed by atoms with Crippen LogP contribution in [0.5, 0.6) is 0 Å². The van der Waals surface area contributed by atoms with Crippen LogP contribution in [0, 0.1) is 0 Å². The fourth-order valence-electron chi connectivity index (χ4n) is 1.89. The van der Waals surface area contributed by atoms with E-state index in [4.69, 9.17) is 4.42 Å². The van der Waals surface area contributed by atoms with E-state index in [1.807, 2.05) is 0 Å². The second-order valence-electron chi connectivity index (χ2n) is 4.36. The number of hydrogen-bond acceptors (Lipinski definition) is 5. The summed E-state index contributed by atoms with van der Waals surface area (Å²) in [5.74, 6) is 1.15. The minimum atomic E-state index is -0.126. The molecule has 3 aromatic rings. The van der Waals surface area contributed by atoms with Crippen molar-refractivity contribution in [1.29, 1.82) is 0 Å². The first kappa shape index (κ1) is 13.0. The Morgan fingerprint density at radius 3 is 2.81 bits per heavy atom. The van der Waals surface area contributed by atoms with E-state index < -0.39 is 0 Å². The van der Waals surface area contributed by atoms with Crippen molar-refractivity contribution in [3.8, 4) is 11.5 Å². The molecule has 0 bridgehead atoms. The summed E-state index contributed by atoms with van der Waals surface area (Å²) in [4.78, 5) is 19.1. The number of imidazole rings is 1. The van der Waals surface area contributed by atoms with Crippen molar-refractivity contribution < 1.29 is 9.21 Å². The summed E-state index contributed by atoms with van der Waals surface area (Å²) in [7, 11) is 0. The number of carbonyl (C=O) groups excluding carboxylic acids is 1. The first-order valence-electron chi connectivity index (χ1n) is 6.46. The third-order valence-corrected chi connectivity index (χ3v) is 2.96. The van der Waals surface area contributed by atoms with Gasteiger partial charge in [-0.1, -0.05) is 0 Å². The predicted molar refractivity (Wildman–Crippen MR) is 74.4 cm³/mol. The van der Waals surface area contributed by atoms with E-state index in [0.717, 1.165) is 11.4 Å². The molecule has 7 heteroatoms. The van der Waals surface area contributed by atoms with Gasteiger partial charge in [-0.25, -0.2) is 4.98 Å². The number of carbonyl (C=O) groups is 1. The van der Waals surface area contributed by atoms with Crippen molar-refractivity contribution in [2.75, 3.05) is 6.54 Å². The quantitative estimate of drug-likeness (QED) is 0.738. The summed E-state index contributed by atoms with van der Waals surface area (Å²) in [6.45, 7) is 0.526. The van der Waals surface area contributed by atoms with Gasteiger partial charge in [-0.3, -0.25) is 4.79 Å². The number of nitrogens with one attached hydrogen (secondary N) is 2. The van der Waals surface area contributed by atoms with Gasteiger partial charge in [0.05, 0.1) is 0 Å². The van der Waals surface area contributed by atoms with Gasteiger partial charge >= 0.3 is 0 Å². The van der Waals surface area contributed by atoms with E-state index in [-0.39, 0.29) is 5.91 Å². The number of H-pyrrole nitrogens is 1. The van der Waals surface area contributed by atoms with Crippen LogP contribution in [0.4, 0.5) is 0 Å². The summed E-state index contributed by atoms with van der Waals surface area (Å²) in [5.41, 5.74) is 1.36. The fraction of sp³-hybridized carbons (Fsp3) is 0.143. The van der Waals surface area contributed by atoms with Crippen molar-refractivity contribution in [3.05, 3.63) is 54.4 Å². The summed E-state index contributed by atoms with van der Waals surface area (Å²) >= 11 is 0. The molecule has 1 aromatic carbocycles. The molecule has 2 heterocycles. The molecule has 7 nitrogen and oxygen atoms in total. The smallest absolute Gasteiger partial charge is 0.251 e. The molecule has 1 amide bonds. The van der Waals surface area contributed by atoms with E-state index in [2.05, 4.69) is 25.5 Å². The normalized spacial score (nSPS) is 10.5. The van der Waals surface area contributed by atoms with Gasteiger partial charge in [-0.05, 0) is 24.3 Å². The van der Waals surface area contributed by atoms with Crippen LogP contribution >= 0.6 is 0 Å². The minimum Gasteiger partial charge on any atom is -0.423 e. The molecular weight excluding hydrogens is 270 g/mol. The van der Waals surface area contributed by atoms with Gasteiger partial charge in [0.1, 0.15) is 5.82 Å². The molecule has 0 saturated carbocycles. The Labute approximate surface area is 120 Å². The van der Waals surface area contributed by atoms with Crippen LogP contribution in [0.25, 0.3) is 11.5 Å². The number of aromatic amines is 1. The maximum absolute atomic E-state index is 12.0. The number of rotatable bonds is 5. The largest absolute Gasteiger partial charge is 0.423 e. The Kier molecular flexibility index (Phi) is 3.72. The first-order valence-corrected chi connectivity index (χ1v) is 6.46. The van der Waals surface area contributed by atoms with Gasteiger partial charge in [0.25, 0.3) is 5.91 Å². The third-order valence-electron chi connectivity index (χ3n) is 2.96. The maximum Gasteiger partial charge on any atom is 0.251 e. The number of amides is 1. The highest BCUT2D eigenvalue weighted by Crippen LogP contribution is 2.16. The Bertz CT molecular complexity index is 690. The molecule has 0 aliphatic rings. The third kappa shape index (κ3) is 3.14. The predicted octanol–water partition coefficient (Wildman–Crippen LogP) is 1.43. The lowest BCUT2D eigenvalue weighted by atomic mass is 10.1. The van der Waals surface area contributed by atoms with E-state index in [1.165, 1.54) is 6.39 Å². The lowest BCUT2D eigenvalue weighted by Gasteiger charge is -2.04. The van der Waals surface area contributed by atoms with Gasteiger partial charge in [-0.15, -0.1) is 10.2 Å². The van der Waals surface area contributed by atoms with Crippen molar-refractivity contribution in [3.63, 3.8) is 0 Å². The Balaban J connectivity index is 1.57. The molecular formula is C14H13N5O2. The van der Waals surface area contributed by atoms with Gasteiger partial charge < -0.3 is 14.7 Å². The molecule has 2 aromatic heterocycles. The monoisotopic (exact) mass is 283 g/mol. The molecule has 106 valence electrons. The Hall–Kier alpha value is -2.96. The second kappa shape index (κ2) is 6.00. The average Bonchev–Trinajstić information content (AvgIpc) is 3.21. The zero-order valence-corrected chi connectivity index (χ0v) is 11.1. The highest BCUT2D eigenvalue weighted by Gasteiger charge is 2.07. The maximum atomic E-state index is 12.0. The minimum absolute atomic E-state index is 0.126. The molecule has 0 radical (unpaired) electrons. The number of benzene rings is 1. The van der Waals surface area contributed by atoms with Crippen molar-refractivity contribution >= 4 is 5.91 Å². The van der Waals surface area contributed by atoms with E-state index in [1.54, 1.807) is 36.7 Å². The number of nitrogens with zero attached hydrogens (tertiary/aromatic N) is 3. The molecule has 0 saturated heterocycles. The van der Waals surface area contributed by atoms with Gasteiger partial charge in [-0.2, -0.15) is 0 Å².